The van der Waals surface area contributed by atoms with Crippen molar-refractivity contribution in [2.24, 2.45) is 0 Å². The highest BCUT2D eigenvalue weighted by atomic mass is 16.5. The molecule has 0 spiro atoms. The number of aromatic hydroxyl groups is 1. The minimum absolute atomic E-state index is 0.122. The third kappa shape index (κ3) is 6.95. The molecule has 7 heteroatoms. The average molecular weight is 448 g/mol. The molecule has 0 heterocycles. The monoisotopic (exact) mass is 448 g/mol. The number of hydrogen-bond acceptors (Lipinski definition) is 7. The minimum atomic E-state index is -1.13. The molecular formula is C26H24O7. The van der Waals surface area contributed by atoms with Crippen molar-refractivity contribution in [2.45, 2.75) is 26.6 Å². The molecule has 0 aliphatic carbocycles. The van der Waals surface area contributed by atoms with Gasteiger partial charge in [0.15, 0.2) is 0 Å². The zero-order valence-corrected chi connectivity index (χ0v) is 18.2. The molecule has 0 amide bonds. The van der Waals surface area contributed by atoms with Gasteiger partial charge in [-0.25, -0.2) is 0 Å². The van der Waals surface area contributed by atoms with Crippen LogP contribution in [0, 0.1) is 0 Å². The molecule has 33 heavy (non-hydrogen) atoms. The van der Waals surface area contributed by atoms with Crippen molar-refractivity contribution in [2.75, 3.05) is 0 Å². The molecule has 0 aliphatic heterocycles. The van der Waals surface area contributed by atoms with Crippen LogP contribution in [0.25, 0.3) is 6.08 Å². The molecule has 0 aromatic heterocycles. The van der Waals surface area contributed by atoms with Gasteiger partial charge in [0.25, 0.3) is 0 Å². The van der Waals surface area contributed by atoms with E-state index in [1.54, 1.807) is 24.3 Å². The Morgan fingerprint density at radius 2 is 1.61 bits per heavy atom. The fraction of sp³-hybridized carbons (Fsp3) is 0.154. The first-order chi connectivity index (χ1) is 15.8. The van der Waals surface area contributed by atoms with Gasteiger partial charge in [0, 0.05) is 37.1 Å². The van der Waals surface area contributed by atoms with Crippen LogP contribution in [0.4, 0.5) is 0 Å². The Morgan fingerprint density at radius 3 is 2.27 bits per heavy atom. The Bertz CT molecular complexity index is 1150. The van der Waals surface area contributed by atoms with E-state index in [4.69, 9.17) is 14.2 Å². The van der Waals surface area contributed by atoms with E-state index in [9.17, 15) is 19.8 Å². The Balaban J connectivity index is 1.73. The molecule has 0 saturated heterocycles. The molecule has 170 valence electrons. The van der Waals surface area contributed by atoms with Crippen LogP contribution in [0.1, 0.15) is 36.6 Å². The molecule has 1 atom stereocenters. The SMILES string of the molecule is CC(=O)Oc1ccc(C=CC(O)c2ccc(OCc3ccccc3)cc2O)c(OC(C)=O)c1. The first-order valence-electron chi connectivity index (χ1n) is 10.2. The predicted octanol–water partition coefficient (Wildman–Crippen LogP) is 4.57. The summed E-state index contributed by atoms with van der Waals surface area (Å²) in [5.74, 6) is -0.320. The van der Waals surface area contributed by atoms with Gasteiger partial charge in [-0.1, -0.05) is 42.5 Å². The van der Waals surface area contributed by atoms with Crippen molar-refractivity contribution in [1.82, 2.24) is 0 Å². The predicted molar refractivity (Wildman–Crippen MR) is 122 cm³/mol. The van der Waals surface area contributed by atoms with Gasteiger partial charge in [0.05, 0.1) is 0 Å². The normalized spacial score (nSPS) is 11.7. The van der Waals surface area contributed by atoms with E-state index >= 15 is 0 Å². The lowest BCUT2D eigenvalue weighted by atomic mass is 10.1. The Kier molecular flexibility index (Phi) is 7.83. The summed E-state index contributed by atoms with van der Waals surface area (Å²) in [6.45, 7) is 2.87. The molecule has 0 radical (unpaired) electrons. The highest BCUT2D eigenvalue weighted by Gasteiger charge is 2.13. The largest absolute Gasteiger partial charge is 0.507 e. The smallest absolute Gasteiger partial charge is 0.308 e. The number of phenolic OH excluding ortho intramolecular Hbond substituents is 1. The molecule has 0 aliphatic rings. The fourth-order valence-electron chi connectivity index (χ4n) is 3.03. The van der Waals surface area contributed by atoms with Crippen molar-refractivity contribution in [3.8, 4) is 23.0 Å². The lowest BCUT2D eigenvalue weighted by molar-refractivity contribution is -0.132. The molecule has 0 saturated carbocycles. The van der Waals surface area contributed by atoms with Crippen LogP contribution in [0.15, 0.2) is 72.8 Å². The average Bonchev–Trinajstić information content (AvgIpc) is 2.77. The van der Waals surface area contributed by atoms with Gasteiger partial charge in [0.1, 0.15) is 35.7 Å². The number of carbonyl (C=O) groups excluding carboxylic acids is 2. The second-order valence-electron chi connectivity index (χ2n) is 7.19. The first kappa shape index (κ1) is 23.6. The number of esters is 2. The summed E-state index contributed by atoms with van der Waals surface area (Å²) in [5.41, 5.74) is 1.75. The van der Waals surface area contributed by atoms with Crippen molar-refractivity contribution >= 4 is 18.0 Å². The second-order valence-corrected chi connectivity index (χ2v) is 7.19. The molecule has 0 bridgehead atoms. The van der Waals surface area contributed by atoms with E-state index in [2.05, 4.69) is 0 Å². The number of aliphatic hydroxyl groups excluding tert-OH is 1. The highest BCUT2D eigenvalue weighted by molar-refractivity contribution is 5.74. The summed E-state index contributed by atoms with van der Waals surface area (Å²) in [5, 5.41) is 20.9. The van der Waals surface area contributed by atoms with Gasteiger partial charge in [-0.05, 0) is 29.8 Å². The van der Waals surface area contributed by atoms with Crippen LogP contribution in [0.3, 0.4) is 0 Å². The van der Waals surface area contributed by atoms with Crippen LogP contribution in [0.5, 0.6) is 23.0 Å². The summed E-state index contributed by atoms with van der Waals surface area (Å²) in [4.78, 5) is 22.6. The summed E-state index contributed by atoms with van der Waals surface area (Å²) < 4.78 is 15.9. The number of hydrogen-bond donors (Lipinski definition) is 2. The summed E-state index contributed by atoms with van der Waals surface area (Å²) >= 11 is 0. The Morgan fingerprint density at radius 1 is 0.909 bits per heavy atom. The lowest BCUT2D eigenvalue weighted by Crippen LogP contribution is -2.05. The first-order valence-corrected chi connectivity index (χ1v) is 10.2. The summed E-state index contributed by atoms with van der Waals surface area (Å²) in [6.07, 6.45) is 1.85. The van der Waals surface area contributed by atoms with Gasteiger partial charge < -0.3 is 24.4 Å². The zero-order chi connectivity index (χ0) is 23.8. The van der Waals surface area contributed by atoms with Crippen LogP contribution in [-0.2, 0) is 16.2 Å². The number of rotatable bonds is 8. The molecule has 7 nitrogen and oxygen atoms in total. The molecule has 1 unspecified atom stereocenters. The van der Waals surface area contributed by atoms with E-state index in [0.29, 0.717) is 17.9 Å². The molecule has 3 rings (SSSR count). The van der Waals surface area contributed by atoms with Crippen LogP contribution >= 0.6 is 0 Å². The van der Waals surface area contributed by atoms with E-state index in [1.165, 1.54) is 38.1 Å². The van der Waals surface area contributed by atoms with E-state index in [-0.39, 0.29) is 22.8 Å². The number of carbonyl (C=O) groups is 2. The van der Waals surface area contributed by atoms with Crippen LogP contribution in [0.2, 0.25) is 0 Å². The maximum atomic E-state index is 11.4. The van der Waals surface area contributed by atoms with Gasteiger partial charge in [-0.3, -0.25) is 9.59 Å². The number of phenols is 1. The topological polar surface area (TPSA) is 102 Å². The van der Waals surface area contributed by atoms with Crippen molar-refractivity contribution < 1.29 is 34.0 Å². The molecule has 3 aromatic carbocycles. The van der Waals surface area contributed by atoms with E-state index < -0.39 is 18.0 Å². The van der Waals surface area contributed by atoms with Crippen LogP contribution < -0.4 is 14.2 Å². The second kappa shape index (κ2) is 11.0. The maximum absolute atomic E-state index is 11.4. The number of aliphatic hydroxyl groups is 1. The highest BCUT2D eigenvalue weighted by Crippen LogP contribution is 2.32. The van der Waals surface area contributed by atoms with Crippen LogP contribution in [-0.4, -0.2) is 22.2 Å². The van der Waals surface area contributed by atoms with Crippen molar-refractivity contribution in [3.63, 3.8) is 0 Å². The summed E-state index contributed by atoms with van der Waals surface area (Å²) in [6, 6.07) is 18.8. The fourth-order valence-corrected chi connectivity index (χ4v) is 3.03. The molecular weight excluding hydrogens is 424 g/mol. The van der Waals surface area contributed by atoms with E-state index in [1.807, 2.05) is 30.3 Å². The molecule has 3 aromatic rings. The summed E-state index contributed by atoms with van der Waals surface area (Å²) in [7, 11) is 0. The molecule has 2 N–H and O–H groups in total. The van der Waals surface area contributed by atoms with Crippen molar-refractivity contribution in [1.29, 1.82) is 0 Å². The van der Waals surface area contributed by atoms with Gasteiger partial charge in [-0.15, -0.1) is 0 Å². The number of benzene rings is 3. The molecule has 0 fully saturated rings. The Hall–Kier alpha value is -4.10. The third-order valence-electron chi connectivity index (χ3n) is 4.53. The standard InChI is InChI=1S/C26H24O7/c1-17(27)32-22-10-8-20(26(15-22)33-18(2)28)9-13-24(29)23-12-11-21(14-25(23)30)31-16-19-6-4-3-5-7-19/h3-15,24,29-30H,16H2,1-2H3. The maximum Gasteiger partial charge on any atom is 0.308 e. The van der Waals surface area contributed by atoms with E-state index in [0.717, 1.165) is 5.56 Å². The van der Waals surface area contributed by atoms with Gasteiger partial charge in [-0.2, -0.15) is 0 Å². The van der Waals surface area contributed by atoms with Crippen molar-refractivity contribution in [3.05, 3.63) is 89.5 Å². The third-order valence-corrected chi connectivity index (χ3v) is 4.53. The van der Waals surface area contributed by atoms with Gasteiger partial charge in [0.2, 0.25) is 0 Å². The number of ether oxygens (including phenoxy) is 3. The zero-order valence-electron chi connectivity index (χ0n) is 18.2. The Labute approximate surface area is 191 Å². The minimum Gasteiger partial charge on any atom is -0.507 e. The van der Waals surface area contributed by atoms with Gasteiger partial charge >= 0.3 is 11.9 Å². The quantitative estimate of drug-likeness (QED) is 0.384. The lowest BCUT2D eigenvalue weighted by Gasteiger charge is -2.12.